The third-order valence-electron chi connectivity index (χ3n) is 2.28. The van der Waals surface area contributed by atoms with Gasteiger partial charge in [-0.05, 0) is 24.6 Å². The van der Waals surface area contributed by atoms with E-state index in [0.717, 1.165) is 6.26 Å². The van der Waals surface area contributed by atoms with E-state index >= 15 is 0 Å². The van der Waals surface area contributed by atoms with Crippen molar-refractivity contribution in [2.75, 3.05) is 25.1 Å². The zero-order chi connectivity index (χ0) is 15.4. The van der Waals surface area contributed by atoms with Crippen LogP contribution >= 0.6 is 11.6 Å². The lowest BCUT2D eigenvalue weighted by atomic mass is 10.3. The van der Waals surface area contributed by atoms with Gasteiger partial charge in [-0.25, -0.2) is 26.3 Å². The standard InChI is InChI=1S/C10H16ClN3O4S2/c1-19(15,16)13-5-2-6-14-20(17,18)10-7-8(11)3-4-9(10)12/h3-4,7,13-14H,2,5-6,12H2,1H3. The first-order chi connectivity index (χ1) is 9.12. The number of hydrogen-bond donors (Lipinski definition) is 3. The Morgan fingerprint density at radius 3 is 2.35 bits per heavy atom. The van der Waals surface area contributed by atoms with Gasteiger partial charge in [0.15, 0.2) is 0 Å². The van der Waals surface area contributed by atoms with Gasteiger partial charge in [-0.15, -0.1) is 0 Å². The molecule has 0 atom stereocenters. The Bertz CT molecular complexity index is 674. The van der Waals surface area contributed by atoms with Crippen LogP contribution in [0.1, 0.15) is 6.42 Å². The first-order valence-corrected chi connectivity index (χ1v) is 9.36. The molecule has 0 aromatic heterocycles. The van der Waals surface area contributed by atoms with Crippen LogP contribution in [0.3, 0.4) is 0 Å². The molecule has 0 saturated carbocycles. The quantitative estimate of drug-likeness (QED) is 0.481. The van der Waals surface area contributed by atoms with E-state index in [4.69, 9.17) is 17.3 Å². The van der Waals surface area contributed by atoms with Crippen molar-refractivity contribution in [3.05, 3.63) is 23.2 Å². The average Bonchev–Trinajstić information content (AvgIpc) is 2.30. The highest BCUT2D eigenvalue weighted by molar-refractivity contribution is 7.89. The van der Waals surface area contributed by atoms with Crippen LogP contribution in [0.15, 0.2) is 23.1 Å². The number of halogens is 1. The molecule has 0 aliphatic carbocycles. The maximum atomic E-state index is 12.0. The van der Waals surface area contributed by atoms with E-state index in [1.807, 2.05) is 0 Å². The molecule has 0 spiro atoms. The van der Waals surface area contributed by atoms with Crippen molar-refractivity contribution in [3.63, 3.8) is 0 Å². The maximum absolute atomic E-state index is 12.0. The second-order valence-electron chi connectivity index (χ2n) is 4.10. The van der Waals surface area contributed by atoms with Gasteiger partial charge in [-0.2, -0.15) is 0 Å². The van der Waals surface area contributed by atoms with Gasteiger partial charge in [0.25, 0.3) is 0 Å². The Morgan fingerprint density at radius 1 is 1.15 bits per heavy atom. The molecule has 0 saturated heterocycles. The van der Waals surface area contributed by atoms with Crippen molar-refractivity contribution >= 4 is 37.3 Å². The summed E-state index contributed by atoms with van der Waals surface area (Å²) in [5.74, 6) is 0. The largest absolute Gasteiger partial charge is 0.398 e. The molecule has 114 valence electrons. The molecule has 7 nitrogen and oxygen atoms in total. The third-order valence-corrected chi connectivity index (χ3v) is 4.76. The minimum atomic E-state index is -3.77. The lowest BCUT2D eigenvalue weighted by molar-refractivity contribution is 0.575. The van der Waals surface area contributed by atoms with Crippen LogP contribution in [-0.4, -0.2) is 36.2 Å². The molecule has 0 radical (unpaired) electrons. The van der Waals surface area contributed by atoms with Crippen molar-refractivity contribution in [2.45, 2.75) is 11.3 Å². The van der Waals surface area contributed by atoms with Crippen LogP contribution in [0.25, 0.3) is 0 Å². The number of benzene rings is 1. The van der Waals surface area contributed by atoms with Gasteiger partial charge in [0, 0.05) is 18.1 Å². The van der Waals surface area contributed by atoms with Crippen LogP contribution in [0.5, 0.6) is 0 Å². The van der Waals surface area contributed by atoms with Crippen LogP contribution < -0.4 is 15.2 Å². The molecule has 0 heterocycles. The molecule has 1 aromatic carbocycles. The van der Waals surface area contributed by atoms with Crippen molar-refractivity contribution in [1.82, 2.24) is 9.44 Å². The van der Waals surface area contributed by atoms with Crippen molar-refractivity contribution in [3.8, 4) is 0 Å². The molecule has 4 N–H and O–H groups in total. The lowest BCUT2D eigenvalue weighted by Crippen LogP contribution is -2.29. The van der Waals surface area contributed by atoms with Crippen LogP contribution in [0, 0.1) is 0 Å². The number of nitrogens with two attached hydrogens (primary N) is 1. The predicted octanol–water partition coefficient (Wildman–Crippen LogP) is 0.140. The molecule has 1 aromatic rings. The minimum absolute atomic E-state index is 0.0802. The van der Waals surface area contributed by atoms with E-state index in [-0.39, 0.29) is 28.7 Å². The molecular formula is C10H16ClN3O4S2. The average molecular weight is 342 g/mol. The van der Waals surface area contributed by atoms with E-state index in [1.54, 1.807) is 0 Å². The highest BCUT2D eigenvalue weighted by Gasteiger charge is 2.17. The number of hydrogen-bond acceptors (Lipinski definition) is 5. The zero-order valence-electron chi connectivity index (χ0n) is 10.8. The van der Waals surface area contributed by atoms with E-state index < -0.39 is 20.0 Å². The van der Waals surface area contributed by atoms with E-state index in [2.05, 4.69) is 9.44 Å². The summed E-state index contributed by atoms with van der Waals surface area (Å²) < 4.78 is 50.2. The van der Waals surface area contributed by atoms with E-state index in [9.17, 15) is 16.8 Å². The summed E-state index contributed by atoms with van der Waals surface area (Å²) in [5.41, 5.74) is 5.69. The van der Waals surface area contributed by atoms with Crippen molar-refractivity contribution < 1.29 is 16.8 Å². The Labute approximate surface area is 123 Å². The number of anilines is 1. The molecule has 0 bridgehead atoms. The summed E-state index contributed by atoms with van der Waals surface area (Å²) in [6.45, 7) is 0.225. The molecule has 0 aliphatic rings. The lowest BCUT2D eigenvalue weighted by Gasteiger charge is -2.09. The van der Waals surface area contributed by atoms with Gasteiger partial charge in [0.2, 0.25) is 20.0 Å². The monoisotopic (exact) mass is 341 g/mol. The van der Waals surface area contributed by atoms with Crippen molar-refractivity contribution in [1.29, 1.82) is 0 Å². The molecule has 10 heteroatoms. The van der Waals surface area contributed by atoms with E-state index in [1.165, 1.54) is 18.2 Å². The zero-order valence-corrected chi connectivity index (χ0v) is 13.1. The summed E-state index contributed by atoms with van der Waals surface area (Å²) in [6.07, 6.45) is 1.34. The molecule has 20 heavy (non-hydrogen) atoms. The third kappa shape index (κ3) is 5.63. The molecule has 1 rings (SSSR count). The normalized spacial score (nSPS) is 12.5. The van der Waals surface area contributed by atoms with Gasteiger partial charge in [-0.3, -0.25) is 0 Å². The highest BCUT2D eigenvalue weighted by Crippen LogP contribution is 2.22. The number of rotatable bonds is 7. The summed E-state index contributed by atoms with van der Waals surface area (Å²) in [6, 6.07) is 4.15. The molecule has 0 unspecified atom stereocenters. The molecular weight excluding hydrogens is 326 g/mol. The fourth-order valence-electron chi connectivity index (χ4n) is 1.37. The highest BCUT2D eigenvalue weighted by atomic mass is 35.5. The van der Waals surface area contributed by atoms with Gasteiger partial charge >= 0.3 is 0 Å². The summed E-state index contributed by atoms with van der Waals surface area (Å²) in [5, 5.41) is 0.262. The Morgan fingerprint density at radius 2 is 1.75 bits per heavy atom. The topological polar surface area (TPSA) is 118 Å². The minimum Gasteiger partial charge on any atom is -0.398 e. The van der Waals surface area contributed by atoms with Crippen molar-refractivity contribution in [2.24, 2.45) is 0 Å². The first kappa shape index (κ1) is 17.2. The Balaban J connectivity index is 2.60. The number of nitrogen functional groups attached to an aromatic ring is 1. The summed E-state index contributed by atoms with van der Waals surface area (Å²) in [4.78, 5) is -0.0962. The summed E-state index contributed by atoms with van der Waals surface area (Å²) >= 11 is 5.73. The first-order valence-electron chi connectivity index (χ1n) is 5.61. The number of sulfonamides is 2. The van der Waals surface area contributed by atoms with Crippen LogP contribution in [0.4, 0.5) is 5.69 Å². The van der Waals surface area contributed by atoms with E-state index in [0.29, 0.717) is 6.42 Å². The van der Waals surface area contributed by atoms with Gasteiger partial charge < -0.3 is 5.73 Å². The smallest absolute Gasteiger partial charge is 0.242 e. The van der Waals surface area contributed by atoms with Gasteiger partial charge in [-0.1, -0.05) is 11.6 Å². The molecule has 0 aliphatic heterocycles. The summed E-state index contributed by atoms with van der Waals surface area (Å²) in [7, 11) is -7.04. The maximum Gasteiger partial charge on any atom is 0.242 e. The fourth-order valence-corrected chi connectivity index (χ4v) is 3.35. The molecule has 0 fully saturated rings. The Kier molecular flexibility index (Phi) is 5.78. The second-order valence-corrected chi connectivity index (χ2v) is 8.10. The van der Waals surface area contributed by atoms with Gasteiger partial charge in [0.05, 0.1) is 11.9 Å². The second kappa shape index (κ2) is 6.72. The van der Waals surface area contributed by atoms with Crippen LogP contribution in [-0.2, 0) is 20.0 Å². The fraction of sp³-hybridized carbons (Fsp3) is 0.400. The Hall–Kier alpha value is -0.870. The van der Waals surface area contributed by atoms with Gasteiger partial charge in [0.1, 0.15) is 4.90 Å². The SMILES string of the molecule is CS(=O)(=O)NCCCNS(=O)(=O)c1cc(Cl)ccc1N. The predicted molar refractivity (Wildman–Crippen MR) is 78.5 cm³/mol. The van der Waals surface area contributed by atoms with Crippen LogP contribution in [0.2, 0.25) is 5.02 Å². The molecule has 0 amide bonds. The number of nitrogens with one attached hydrogen (secondary N) is 2.